The lowest BCUT2D eigenvalue weighted by molar-refractivity contribution is -0.00122. The highest BCUT2D eigenvalue weighted by molar-refractivity contribution is 7.86. The Kier molecular flexibility index (Phi) is 9.60. The van der Waals surface area contributed by atoms with E-state index in [1.807, 2.05) is 19.9 Å². The smallest absolute Gasteiger partial charge is 0.151 e. The molecule has 0 radical (unpaired) electrons. The summed E-state index contributed by atoms with van der Waals surface area (Å²) in [7, 11) is -4.62. The van der Waals surface area contributed by atoms with E-state index in [2.05, 4.69) is 105 Å². The molecule has 0 N–H and O–H groups in total. The van der Waals surface area contributed by atoms with Gasteiger partial charge in [0.2, 0.25) is 0 Å². The maximum Gasteiger partial charge on any atom is 0.151 e. The van der Waals surface area contributed by atoms with Crippen molar-refractivity contribution >= 4 is 10.1 Å². The highest BCUT2D eigenvalue weighted by atomic mass is 32.2. The summed E-state index contributed by atoms with van der Waals surface area (Å²) in [6.45, 7) is 11.2. The predicted molar refractivity (Wildman–Crippen MR) is 180 cm³/mol. The molecule has 0 aliphatic heterocycles. The van der Waals surface area contributed by atoms with Crippen LogP contribution in [0.4, 0.5) is 0 Å². The molecule has 3 atom stereocenters. The highest BCUT2D eigenvalue weighted by Crippen LogP contribution is 2.51. The molecule has 0 aromatic heterocycles. The fourth-order valence-corrected chi connectivity index (χ4v) is 6.70. The average Bonchev–Trinajstić information content (AvgIpc) is 3.46. The number of hydrogen-bond donors (Lipinski definition) is 0. The molecule has 238 valence electrons. The SMILES string of the molecule is CC(c1ccccc1)c1cc(C(C)c2ccccc2)c(OC(C)(C)CCOC(C)(C)S(=O)(=O)[O-])c2c1CCC2c1ccccc1. The van der Waals surface area contributed by atoms with Gasteiger partial charge in [-0.3, -0.25) is 0 Å². The Labute approximate surface area is 269 Å². The first-order valence-corrected chi connectivity index (χ1v) is 17.3. The van der Waals surface area contributed by atoms with Crippen LogP contribution in [-0.4, -0.2) is 30.1 Å². The van der Waals surface area contributed by atoms with Crippen LogP contribution in [-0.2, 0) is 21.3 Å². The van der Waals surface area contributed by atoms with E-state index in [9.17, 15) is 13.0 Å². The minimum Gasteiger partial charge on any atom is -0.746 e. The van der Waals surface area contributed by atoms with Gasteiger partial charge in [0.15, 0.2) is 4.93 Å². The van der Waals surface area contributed by atoms with Crippen LogP contribution in [0.1, 0.15) is 111 Å². The first-order valence-electron chi connectivity index (χ1n) is 15.9. The van der Waals surface area contributed by atoms with E-state index in [1.165, 1.54) is 47.2 Å². The lowest BCUT2D eigenvalue weighted by Crippen LogP contribution is -2.38. The molecule has 0 bridgehead atoms. The fourth-order valence-electron chi connectivity index (χ4n) is 6.47. The molecule has 0 saturated carbocycles. The van der Waals surface area contributed by atoms with Gasteiger partial charge in [-0.2, -0.15) is 0 Å². The zero-order valence-corrected chi connectivity index (χ0v) is 28.1. The molecule has 0 amide bonds. The van der Waals surface area contributed by atoms with Gasteiger partial charge in [0, 0.05) is 35.3 Å². The zero-order valence-electron chi connectivity index (χ0n) is 27.2. The molecule has 4 aromatic rings. The normalized spacial score (nSPS) is 16.6. The van der Waals surface area contributed by atoms with Crippen molar-refractivity contribution in [2.45, 2.75) is 89.1 Å². The molecule has 6 heteroatoms. The lowest BCUT2D eigenvalue weighted by atomic mass is 9.80. The Morgan fingerprint density at radius 1 is 0.800 bits per heavy atom. The Morgan fingerprint density at radius 2 is 1.31 bits per heavy atom. The van der Waals surface area contributed by atoms with E-state index in [-0.39, 0.29) is 24.4 Å². The second-order valence-corrected chi connectivity index (χ2v) is 15.2. The summed E-state index contributed by atoms with van der Waals surface area (Å²) in [6, 6.07) is 34.3. The minimum absolute atomic E-state index is 0.0573. The van der Waals surface area contributed by atoms with Crippen LogP contribution in [0.5, 0.6) is 5.75 Å². The standard InChI is InChI=1S/C39H46O5S/c1-27(29-16-10-7-11-17-29)34-26-35(28(2)30-18-12-8-13-19-30)37(36-32(22-23-33(34)36)31-20-14-9-15-21-31)44-38(3,4)24-25-43-39(5,6)45(40,41)42/h7-21,26-28,32H,22-25H2,1-6H3,(H,40,41,42)/p-1. The van der Waals surface area contributed by atoms with Crippen molar-refractivity contribution in [1.82, 2.24) is 0 Å². The van der Waals surface area contributed by atoms with Gasteiger partial charge >= 0.3 is 0 Å². The van der Waals surface area contributed by atoms with Crippen molar-refractivity contribution in [2.24, 2.45) is 0 Å². The van der Waals surface area contributed by atoms with Crippen molar-refractivity contribution < 1.29 is 22.4 Å². The monoisotopic (exact) mass is 625 g/mol. The third kappa shape index (κ3) is 7.19. The Morgan fingerprint density at radius 3 is 1.84 bits per heavy atom. The third-order valence-electron chi connectivity index (χ3n) is 9.39. The van der Waals surface area contributed by atoms with Crippen LogP contribution in [0.25, 0.3) is 0 Å². The van der Waals surface area contributed by atoms with E-state index >= 15 is 0 Å². The molecule has 0 saturated heterocycles. The first-order chi connectivity index (χ1) is 21.3. The fraction of sp³-hybridized carbons (Fsp3) is 0.385. The van der Waals surface area contributed by atoms with Crippen molar-refractivity contribution in [3.05, 3.63) is 136 Å². The summed E-state index contributed by atoms with van der Waals surface area (Å²) in [5.41, 5.74) is 8.12. The van der Waals surface area contributed by atoms with Crippen molar-refractivity contribution in [3.8, 4) is 5.75 Å². The molecule has 0 fully saturated rings. The van der Waals surface area contributed by atoms with E-state index in [0.717, 1.165) is 24.2 Å². The predicted octanol–water partition coefficient (Wildman–Crippen LogP) is 8.91. The Balaban J connectivity index is 1.65. The molecule has 5 nitrogen and oxygen atoms in total. The molecule has 3 unspecified atom stereocenters. The molecule has 1 aliphatic rings. The Bertz CT molecular complexity index is 1700. The molecule has 5 rings (SSSR count). The van der Waals surface area contributed by atoms with Crippen molar-refractivity contribution in [2.75, 3.05) is 6.61 Å². The summed E-state index contributed by atoms with van der Waals surface area (Å²) in [6.07, 6.45) is 2.35. The average molecular weight is 626 g/mol. The second-order valence-electron chi connectivity index (χ2n) is 13.4. The summed E-state index contributed by atoms with van der Waals surface area (Å²) in [4.78, 5) is -1.81. The van der Waals surface area contributed by atoms with Gasteiger partial charge in [0.05, 0.1) is 6.61 Å². The van der Waals surface area contributed by atoms with Gasteiger partial charge in [-0.25, -0.2) is 8.42 Å². The topological polar surface area (TPSA) is 75.7 Å². The van der Waals surface area contributed by atoms with E-state index in [4.69, 9.17) is 9.47 Å². The second kappa shape index (κ2) is 13.1. The van der Waals surface area contributed by atoms with Gasteiger partial charge in [-0.15, -0.1) is 0 Å². The molecule has 4 aromatic carbocycles. The Hall–Kier alpha value is -3.45. The van der Waals surface area contributed by atoms with Crippen LogP contribution in [0.3, 0.4) is 0 Å². The van der Waals surface area contributed by atoms with E-state index in [1.54, 1.807) is 0 Å². The van der Waals surface area contributed by atoms with Crippen LogP contribution in [0.15, 0.2) is 97.1 Å². The van der Waals surface area contributed by atoms with E-state index < -0.39 is 20.7 Å². The number of fused-ring (bicyclic) bond motifs is 1. The largest absolute Gasteiger partial charge is 0.746 e. The van der Waals surface area contributed by atoms with Crippen LogP contribution in [0, 0.1) is 0 Å². The van der Waals surface area contributed by atoms with Crippen molar-refractivity contribution in [3.63, 3.8) is 0 Å². The number of ether oxygens (including phenoxy) is 2. The van der Waals surface area contributed by atoms with E-state index in [0.29, 0.717) is 6.42 Å². The summed E-state index contributed by atoms with van der Waals surface area (Å²) >= 11 is 0. The summed E-state index contributed by atoms with van der Waals surface area (Å²) < 4.78 is 47.9. The number of benzene rings is 4. The quantitative estimate of drug-likeness (QED) is 0.147. The highest BCUT2D eigenvalue weighted by Gasteiger charge is 2.37. The first kappa shape index (κ1) is 32.9. The molecule has 0 spiro atoms. The van der Waals surface area contributed by atoms with Crippen LogP contribution >= 0.6 is 0 Å². The maximum atomic E-state index is 11.7. The van der Waals surface area contributed by atoms with Crippen LogP contribution in [0.2, 0.25) is 0 Å². The minimum atomic E-state index is -4.62. The third-order valence-corrected chi connectivity index (χ3v) is 10.7. The summed E-state index contributed by atoms with van der Waals surface area (Å²) in [5, 5.41) is 0. The van der Waals surface area contributed by atoms with Gasteiger partial charge in [0.25, 0.3) is 0 Å². The van der Waals surface area contributed by atoms with Gasteiger partial charge in [-0.1, -0.05) is 111 Å². The molecule has 45 heavy (non-hydrogen) atoms. The van der Waals surface area contributed by atoms with Crippen molar-refractivity contribution in [1.29, 1.82) is 0 Å². The summed E-state index contributed by atoms with van der Waals surface area (Å²) in [5.74, 6) is 1.33. The number of hydrogen-bond acceptors (Lipinski definition) is 5. The number of rotatable bonds is 12. The molecule has 1 aliphatic carbocycles. The zero-order chi connectivity index (χ0) is 32.4. The molecular formula is C39H45O5S-. The molecular weight excluding hydrogens is 580 g/mol. The van der Waals surface area contributed by atoms with Gasteiger partial charge in [-0.05, 0) is 68.4 Å². The van der Waals surface area contributed by atoms with Crippen LogP contribution < -0.4 is 4.74 Å². The maximum absolute atomic E-state index is 11.7. The molecule has 0 heterocycles. The lowest BCUT2D eigenvalue weighted by Gasteiger charge is -2.34. The van der Waals surface area contributed by atoms with Gasteiger partial charge < -0.3 is 14.0 Å². The van der Waals surface area contributed by atoms with Gasteiger partial charge in [0.1, 0.15) is 21.5 Å².